The third-order valence-corrected chi connectivity index (χ3v) is 5.45. The second-order valence-electron chi connectivity index (χ2n) is 7.50. The summed E-state index contributed by atoms with van der Waals surface area (Å²) in [5, 5.41) is 0. The van der Waals surface area contributed by atoms with Crippen molar-refractivity contribution in [2.75, 3.05) is 0 Å². The predicted molar refractivity (Wildman–Crippen MR) is 95.7 cm³/mol. The summed E-state index contributed by atoms with van der Waals surface area (Å²) in [6.45, 7) is 9.09. The van der Waals surface area contributed by atoms with Gasteiger partial charge in [-0.3, -0.25) is 0 Å². The molecule has 1 fully saturated rings. The first-order chi connectivity index (χ1) is 10.6. The van der Waals surface area contributed by atoms with Gasteiger partial charge in [0.1, 0.15) is 11.4 Å². The van der Waals surface area contributed by atoms with E-state index in [0.717, 1.165) is 5.75 Å². The Kier molecular flexibility index (Phi) is 6.35. The predicted octanol–water partition coefficient (Wildman–Crippen LogP) is 6.72. The van der Waals surface area contributed by atoms with Gasteiger partial charge in [0, 0.05) is 0 Å². The van der Waals surface area contributed by atoms with E-state index in [1.165, 1.54) is 56.9 Å². The molecule has 1 atom stereocenters. The van der Waals surface area contributed by atoms with Gasteiger partial charge in [-0.25, -0.2) is 0 Å². The van der Waals surface area contributed by atoms with Crippen LogP contribution in [-0.2, 0) is 0 Å². The van der Waals surface area contributed by atoms with Gasteiger partial charge in [-0.1, -0.05) is 51.7 Å². The molecule has 1 nitrogen and oxygen atoms in total. The molecule has 1 heteroatoms. The Bertz CT molecular complexity index is 426. The second-order valence-corrected chi connectivity index (χ2v) is 7.50. The zero-order valence-corrected chi connectivity index (χ0v) is 15.0. The molecule has 0 amide bonds. The molecule has 1 saturated carbocycles. The van der Waals surface area contributed by atoms with Crippen LogP contribution >= 0.6 is 0 Å². The first kappa shape index (κ1) is 17.4. The van der Waals surface area contributed by atoms with E-state index >= 15 is 0 Å². The Morgan fingerprint density at radius 1 is 1.05 bits per heavy atom. The van der Waals surface area contributed by atoms with E-state index in [1.807, 2.05) is 0 Å². The molecule has 1 aromatic carbocycles. The summed E-state index contributed by atoms with van der Waals surface area (Å²) in [7, 11) is 0. The van der Waals surface area contributed by atoms with E-state index in [4.69, 9.17) is 4.74 Å². The zero-order valence-electron chi connectivity index (χ0n) is 15.0. The summed E-state index contributed by atoms with van der Waals surface area (Å²) >= 11 is 0. The molecular formula is C21H34O. The summed E-state index contributed by atoms with van der Waals surface area (Å²) in [6, 6.07) is 8.91. The molecule has 0 saturated heterocycles. The van der Waals surface area contributed by atoms with Crippen molar-refractivity contribution in [1.82, 2.24) is 0 Å². The van der Waals surface area contributed by atoms with E-state index in [2.05, 4.69) is 52.0 Å². The Morgan fingerprint density at radius 3 is 2.23 bits per heavy atom. The third-order valence-electron chi connectivity index (χ3n) is 5.45. The lowest BCUT2D eigenvalue weighted by atomic mass is 9.79. The average Bonchev–Trinajstić information content (AvgIpc) is 2.54. The third kappa shape index (κ3) is 4.51. The monoisotopic (exact) mass is 302 g/mol. The number of rotatable bonds is 7. The first-order valence-corrected chi connectivity index (χ1v) is 9.35. The van der Waals surface area contributed by atoms with Crippen molar-refractivity contribution in [2.24, 2.45) is 5.92 Å². The molecule has 0 spiro atoms. The Balaban J connectivity index is 2.00. The van der Waals surface area contributed by atoms with Gasteiger partial charge in [0.15, 0.2) is 0 Å². The smallest absolute Gasteiger partial charge is 0.120 e. The zero-order chi connectivity index (χ0) is 16.0. The van der Waals surface area contributed by atoms with Gasteiger partial charge < -0.3 is 4.74 Å². The van der Waals surface area contributed by atoms with Gasteiger partial charge in [0.2, 0.25) is 0 Å². The van der Waals surface area contributed by atoms with Gasteiger partial charge in [0.25, 0.3) is 0 Å². The molecular weight excluding hydrogens is 268 g/mol. The van der Waals surface area contributed by atoms with Crippen molar-refractivity contribution in [1.29, 1.82) is 0 Å². The molecule has 1 unspecified atom stereocenters. The van der Waals surface area contributed by atoms with E-state index in [-0.39, 0.29) is 5.60 Å². The molecule has 0 heterocycles. The standard InChI is InChI=1S/C21H34O/c1-5-10-17(6-2)18-13-15-20(16-14-18)22-21(3,4)19-11-8-7-9-12-19/h13-17,19H,5-12H2,1-4H3. The summed E-state index contributed by atoms with van der Waals surface area (Å²) in [4.78, 5) is 0. The van der Waals surface area contributed by atoms with E-state index in [1.54, 1.807) is 0 Å². The molecule has 1 aliphatic rings. The number of ether oxygens (including phenoxy) is 1. The fraction of sp³-hybridized carbons (Fsp3) is 0.714. The molecule has 0 radical (unpaired) electrons. The lowest BCUT2D eigenvalue weighted by Crippen LogP contribution is -2.38. The normalized spacial score (nSPS) is 18.2. The van der Waals surface area contributed by atoms with Crippen LogP contribution in [0.25, 0.3) is 0 Å². The van der Waals surface area contributed by atoms with Gasteiger partial charge in [-0.05, 0) is 69.1 Å². The maximum Gasteiger partial charge on any atom is 0.120 e. The summed E-state index contributed by atoms with van der Waals surface area (Å²) in [6.07, 6.45) is 10.5. The number of hydrogen-bond acceptors (Lipinski definition) is 1. The van der Waals surface area contributed by atoms with Crippen LogP contribution in [0.2, 0.25) is 0 Å². The number of benzene rings is 1. The van der Waals surface area contributed by atoms with Crippen molar-refractivity contribution < 1.29 is 4.74 Å². The van der Waals surface area contributed by atoms with Gasteiger partial charge in [-0.2, -0.15) is 0 Å². The van der Waals surface area contributed by atoms with E-state index in [0.29, 0.717) is 11.8 Å². The SMILES string of the molecule is CCCC(CC)c1ccc(OC(C)(C)C2CCCCC2)cc1. The van der Waals surface area contributed by atoms with Gasteiger partial charge in [0.05, 0.1) is 0 Å². The molecule has 124 valence electrons. The van der Waals surface area contributed by atoms with E-state index in [9.17, 15) is 0 Å². The fourth-order valence-electron chi connectivity index (χ4n) is 3.95. The first-order valence-electron chi connectivity index (χ1n) is 9.35. The Hall–Kier alpha value is -0.980. The maximum atomic E-state index is 6.37. The largest absolute Gasteiger partial charge is 0.488 e. The lowest BCUT2D eigenvalue weighted by molar-refractivity contribution is 0.0252. The van der Waals surface area contributed by atoms with Crippen LogP contribution in [0.15, 0.2) is 24.3 Å². The molecule has 22 heavy (non-hydrogen) atoms. The van der Waals surface area contributed by atoms with Crippen LogP contribution in [0.5, 0.6) is 5.75 Å². The van der Waals surface area contributed by atoms with Crippen molar-refractivity contribution in [3.8, 4) is 5.75 Å². The minimum absolute atomic E-state index is 0.0461. The molecule has 1 aliphatic carbocycles. The highest BCUT2D eigenvalue weighted by Gasteiger charge is 2.32. The number of hydrogen-bond donors (Lipinski definition) is 0. The van der Waals surface area contributed by atoms with Crippen LogP contribution < -0.4 is 4.74 Å². The highest BCUT2D eigenvalue weighted by Crippen LogP contribution is 2.36. The van der Waals surface area contributed by atoms with Crippen LogP contribution in [0.1, 0.15) is 90.5 Å². The summed E-state index contributed by atoms with van der Waals surface area (Å²) in [5.41, 5.74) is 1.42. The van der Waals surface area contributed by atoms with Crippen molar-refractivity contribution >= 4 is 0 Å². The van der Waals surface area contributed by atoms with Gasteiger partial charge >= 0.3 is 0 Å². The second kappa shape index (κ2) is 8.04. The summed E-state index contributed by atoms with van der Waals surface area (Å²) < 4.78 is 6.37. The quantitative estimate of drug-likeness (QED) is 0.543. The van der Waals surface area contributed by atoms with Crippen LogP contribution in [0.3, 0.4) is 0 Å². The minimum atomic E-state index is -0.0461. The minimum Gasteiger partial charge on any atom is -0.488 e. The highest BCUT2D eigenvalue weighted by molar-refractivity contribution is 5.30. The molecule has 0 aromatic heterocycles. The van der Waals surface area contributed by atoms with E-state index < -0.39 is 0 Å². The van der Waals surface area contributed by atoms with Crippen LogP contribution in [-0.4, -0.2) is 5.60 Å². The van der Waals surface area contributed by atoms with Crippen molar-refractivity contribution in [3.05, 3.63) is 29.8 Å². The maximum absolute atomic E-state index is 6.37. The Labute approximate surface area is 137 Å². The van der Waals surface area contributed by atoms with Crippen LogP contribution in [0, 0.1) is 5.92 Å². The molecule has 0 bridgehead atoms. The van der Waals surface area contributed by atoms with Crippen molar-refractivity contribution in [3.63, 3.8) is 0 Å². The van der Waals surface area contributed by atoms with Gasteiger partial charge in [-0.15, -0.1) is 0 Å². The summed E-state index contributed by atoms with van der Waals surface area (Å²) in [5.74, 6) is 2.43. The fourth-order valence-corrected chi connectivity index (χ4v) is 3.95. The highest BCUT2D eigenvalue weighted by atomic mass is 16.5. The Morgan fingerprint density at radius 2 is 1.68 bits per heavy atom. The molecule has 2 rings (SSSR count). The lowest BCUT2D eigenvalue weighted by Gasteiger charge is -2.37. The topological polar surface area (TPSA) is 9.23 Å². The molecule has 0 aliphatic heterocycles. The van der Waals surface area contributed by atoms with Crippen molar-refractivity contribution in [2.45, 2.75) is 90.6 Å². The molecule has 1 aromatic rings. The molecule has 0 N–H and O–H groups in total. The van der Waals surface area contributed by atoms with Crippen LogP contribution in [0.4, 0.5) is 0 Å². The average molecular weight is 303 g/mol.